The van der Waals surface area contributed by atoms with Crippen LogP contribution in [0.3, 0.4) is 0 Å². The molecular weight excluding hydrogens is 490 g/mol. The standard InChI is InChI=1S/C28H35N3O5S/c1-20(27(33)29-28(2,3)4)30(18-21-14-16-23(36-5)17-15-21)26(32)19-31(37(6,34)35)25-13-9-11-22-10-7-8-12-24(22)25/h7-17,20H,18-19H2,1-6H3,(H,29,33)/t20-/m0/s1. The van der Waals surface area contributed by atoms with Crippen LogP contribution < -0.4 is 14.4 Å². The Labute approximate surface area is 219 Å². The van der Waals surface area contributed by atoms with Crippen molar-refractivity contribution in [2.45, 2.75) is 45.8 Å². The summed E-state index contributed by atoms with van der Waals surface area (Å²) in [4.78, 5) is 28.2. The van der Waals surface area contributed by atoms with Gasteiger partial charge in [0.1, 0.15) is 18.3 Å². The quantitative estimate of drug-likeness (QED) is 0.457. The van der Waals surface area contributed by atoms with Crippen molar-refractivity contribution in [2.75, 3.05) is 24.2 Å². The fourth-order valence-corrected chi connectivity index (χ4v) is 4.87. The maximum atomic E-state index is 13.8. The SMILES string of the molecule is COc1ccc(CN(C(=O)CN(c2cccc3ccccc23)S(C)(=O)=O)[C@@H](C)C(=O)NC(C)(C)C)cc1. The number of fused-ring (bicyclic) bond motifs is 1. The van der Waals surface area contributed by atoms with Crippen LogP contribution >= 0.6 is 0 Å². The maximum absolute atomic E-state index is 13.8. The summed E-state index contributed by atoms with van der Waals surface area (Å²) >= 11 is 0. The monoisotopic (exact) mass is 525 g/mol. The molecule has 198 valence electrons. The molecule has 0 heterocycles. The highest BCUT2D eigenvalue weighted by atomic mass is 32.2. The molecule has 8 nitrogen and oxygen atoms in total. The molecule has 0 spiro atoms. The second-order valence-corrected chi connectivity index (χ2v) is 12.0. The van der Waals surface area contributed by atoms with Crippen LogP contribution in [0.15, 0.2) is 66.7 Å². The smallest absolute Gasteiger partial charge is 0.244 e. The Morgan fingerprint density at radius 1 is 0.973 bits per heavy atom. The summed E-state index contributed by atoms with van der Waals surface area (Å²) in [6, 6.07) is 19.1. The van der Waals surface area contributed by atoms with E-state index in [-0.39, 0.29) is 12.5 Å². The summed E-state index contributed by atoms with van der Waals surface area (Å²) in [7, 11) is -2.26. The number of ether oxygens (including phenoxy) is 1. The number of nitrogens with one attached hydrogen (secondary N) is 1. The zero-order valence-corrected chi connectivity index (χ0v) is 23.0. The lowest BCUT2D eigenvalue weighted by Crippen LogP contribution is -2.54. The van der Waals surface area contributed by atoms with Gasteiger partial charge in [-0.1, -0.05) is 48.5 Å². The molecule has 0 aliphatic heterocycles. The predicted molar refractivity (Wildman–Crippen MR) is 147 cm³/mol. The van der Waals surface area contributed by atoms with Crippen LogP contribution in [0.2, 0.25) is 0 Å². The molecule has 0 saturated heterocycles. The van der Waals surface area contributed by atoms with E-state index in [1.165, 1.54) is 4.90 Å². The largest absolute Gasteiger partial charge is 0.497 e. The van der Waals surface area contributed by atoms with Gasteiger partial charge in [0.2, 0.25) is 21.8 Å². The first kappa shape index (κ1) is 28.0. The van der Waals surface area contributed by atoms with Crippen LogP contribution in [0.25, 0.3) is 10.8 Å². The summed E-state index contributed by atoms with van der Waals surface area (Å²) in [5, 5.41) is 4.48. The number of carbonyl (C=O) groups excluding carboxylic acids is 2. The van der Waals surface area contributed by atoms with Gasteiger partial charge in [-0.2, -0.15) is 0 Å². The molecule has 0 aromatic heterocycles. The topological polar surface area (TPSA) is 96.0 Å². The number of benzene rings is 3. The first-order valence-electron chi connectivity index (χ1n) is 12.0. The number of anilines is 1. The molecule has 1 atom stereocenters. The van der Waals surface area contributed by atoms with Gasteiger partial charge in [-0.3, -0.25) is 13.9 Å². The minimum Gasteiger partial charge on any atom is -0.497 e. The Bertz CT molecular complexity index is 1360. The van der Waals surface area contributed by atoms with Crippen molar-refractivity contribution in [1.29, 1.82) is 0 Å². The molecule has 37 heavy (non-hydrogen) atoms. The Hall–Kier alpha value is -3.59. The third-order valence-electron chi connectivity index (χ3n) is 5.89. The molecule has 0 bridgehead atoms. The van der Waals surface area contributed by atoms with E-state index in [0.717, 1.165) is 21.5 Å². The van der Waals surface area contributed by atoms with Crippen LogP contribution in [0.1, 0.15) is 33.3 Å². The lowest BCUT2D eigenvalue weighted by atomic mass is 10.1. The Balaban J connectivity index is 1.99. The van der Waals surface area contributed by atoms with Crippen LogP contribution in [-0.2, 0) is 26.2 Å². The van der Waals surface area contributed by atoms with E-state index >= 15 is 0 Å². The summed E-state index contributed by atoms with van der Waals surface area (Å²) in [5.74, 6) is -0.157. The molecule has 0 saturated carbocycles. The number of carbonyl (C=O) groups is 2. The van der Waals surface area contributed by atoms with E-state index in [2.05, 4.69) is 5.32 Å². The van der Waals surface area contributed by atoms with Crippen molar-refractivity contribution in [3.63, 3.8) is 0 Å². The zero-order valence-electron chi connectivity index (χ0n) is 22.2. The highest BCUT2D eigenvalue weighted by molar-refractivity contribution is 7.92. The number of hydrogen-bond donors (Lipinski definition) is 1. The van der Waals surface area contributed by atoms with Gasteiger partial charge in [0.25, 0.3) is 0 Å². The summed E-state index contributed by atoms with van der Waals surface area (Å²) in [5.41, 5.74) is 0.688. The molecule has 3 aromatic carbocycles. The molecule has 0 radical (unpaired) electrons. The summed E-state index contributed by atoms with van der Waals surface area (Å²) in [6.45, 7) is 6.90. The van der Waals surface area contributed by atoms with E-state index in [1.807, 2.05) is 63.2 Å². The fraction of sp³-hybridized carbons (Fsp3) is 0.357. The van der Waals surface area contributed by atoms with Gasteiger partial charge >= 0.3 is 0 Å². The number of methoxy groups -OCH3 is 1. The van der Waals surface area contributed by atoms with Crippen LogP contribution in [0, 0.1) is 0 Å². The van der Waals surface area contributed by atoms with Crippen molar-refractivity contribution in [3.05, 3.63) is 72.3 Å². The summed E-state index contributed by atoms with van der Waals surface area (Å²) < 4.78 is 32.2. The average Bonchev–Trinajstić information content (AvgIpc) is 2.83. The van der Waals surface area contributed by atoms with E-state index in [0.29, 0.717) is 16.8 Å². The minimum absolute atomic E-state index is 0.120. The number of nitrogens with zero attached hydrogens (tertiary/aromatic N) is 2. The number of sulfonamides is 1. The van der Waals surface area contributed by atoms with Crippen molar-refractivity contribution in [2.24, 2.45) is 0 Å². The Morgan fingerprint density at radius 2 is 1.59 bits per heavy atom. The van der Waals surface area contributed by atoms with Crippen molar-refractivity contribution < 1.29 is 22.7 Å². The van der Waals surface area contributed by atoms with Gasteiger partial charge in [0.05, 0.1) is 19.1 Å². The molecule has 0 aliphatic rings. The van der Waals surface area contributed by atoms with Crippen LogP contribution in [0.5, 0.6) is 5.75 Å². The third-order valence-corrected chi connectivity index (χ3v) is 7.02. The molecule has 3 rings (SSSR count). The number of amides is 2. The van der Waals surface area contributed by atoms with E-state index in [1.54, 1.807) is 38.3 Å². The molecule has 3 aromatic rings. The first-order valence-corrected chi connectivity index (χ1v) is 13.8. The predicted octanol–water partition coefficient (Wildman–Crippen LogP) is 3.95. The van der Waals surface area contributed by atoms with Crippen LogP contribution in [0.4, 0.5) is 5.69 Å². The van der Waals surface area contributed by atoms with E-state index in [9.17, 15) is 18.0 Å². The number of rotatable bonds is 9. The maximum Gasteiger partial charge on any atom is 0.244 e. The van der Waals surface area contributed by atoms with Gasteiger partial charge in [-0.15, -0.1) is 0 Å². The van der Waals surface area contributed by atoms with Gasteiger partial charge in [0, 0.05) is 17.5 Å². The molecule has 2 amide bonds. The molecule has 0 unspecified atom stereocenters. The first-order chi connectivity index (χ1) is 17.3. The second kappa shape index (κ2) is 11.2. The van der Waals surface area contributed by atoms with Crippen molar-refractivity contribution in [3.8, 4) is 5.75 Å². The van der Waals surface area contributed by atoms with Gasteiger partial charge in [0.15, 0.2) is 0 Å². The van der Waals surface area contributed by atoms with Gasteiger partial charge < -0.3 is 15.0 Å². The Kier molecular flexibility index (Phi) is 8.48. The van der Waals surface area contributed by atoms with Gasteiger partial charge in [-0.05, 0) is 56.8 Å². The molecule has 0 fully saturated rings. The highest BCUT2D eigenvalue weighted by Gasteiger charge is 2.31. The lowest BCUT2D eigenvalue weighted by Gasteiger charge is -2.33. The Morgan fingerprint density at radius 3 is 2.19 bits per heavy atom. The summed E-state index contributed by atoms with van der Waals surface area (Å²) in [6.07, 6.45) is 1.08. The lowest BCUT2D eigenvalue weighted by molar-refractivity contribution is -0.140. The second-order valence-electron chi connectivity index (χ2n) is 10.1. The van der Waals surface area contributed by atoms with E-state index in [4.69, 9.17) is 4.74 Å². The number of hydrogen-bond acceptors (Lipinski definition) is 5. The van der Waals surface area contributed by atoms with Gasteiger partial charge in [-0.25, -0.2) is 8.42 Å². The van der Waals surface area contributed by atoms with Crippen molar-refractivity contribution in [1.82, 2.24) is 10.2 Å². The van der Waals surface area contributed by atoms with E-state index < -0.39 is 34.1 Å². The highest BCUT2D eigenvalue weighted by Crippen LogP contribution is 2.28. The molecule has 1 N–H and O–H groups in total. The normalized spacial score (nSPS) is 12.6. The molecular formula is C28H35N3O5S. The van der Waals surface area contributed by atoms with Crippen molar-refractivity contribution >= 4 is 38.3 Å². The third kappa shape index (κ3) is 7.22. The molecule has 9 heteroatoms. The average molecular weight is 526 g/mol. The minimum atomic E-state index is -3.83. The zero-order chi connectivity index (χ0) is 27.4. The van der Waals surface area contributed by atoms with Crippen LogP contribution in [-0.4, -0.2) is 56.6 Å². The fourth-order valence-electron chi connectivity index (χ4n) is 4.00. The molecule has 0 aliphatic carbocycles.